The fourth-order valence-corrected chi connectivity index (χ4v) is 2.68. The lowest BCUT2D eigenvalue weighted by atomic mass is 10.2. The van der Waals surface area contributed by atoms with Crippen molar-refractivity contribution in [3.63, 3.8) is 0 Å². The molecular formula is C14H16Cl2N2O2. The standard InChI is InChI=1S/C14H16Cl2N2O2/c1-2-18-12(5-6-13(18)19)14(20)17-8-9-3-4-10(15)11(16)7-9/h3-4,7,12H,2,5-6,8H2,1H3,(H,17,20)/t12-/m1/s1. The fourth-order valence-electron chi connectivity index (χ4n) is 2.36. The maximum Gasteiger partial charge on any atom is 0.243 e. The predicted octanol–water partition coefficient (Wildman–Crippen LogP) is 2.62. The summed E-state index contributed by atoms with van der Waals surface area (Å²) in [5.41, 5.74) is 0.875. The van der Waals surface area contributed by atoms with Crippen LogP contribution < -0.4 is 5.32 Å². The average Bonchev–Trinajstić information content (AvgIpc) is 2.80. The van der Waals surface area contributed by atoms with Gasteiger partial charge in [-0.2, -0.15) is 0 Å². The highest BCUT2D eigenvalue weighted by Gasteiger charge is 2.34. The van der Waals surface area contributed by atoms with Gasteiger partial charge in [0.15, 0.2) is 0 Å². The Morgan fingerprint density at radius 3 is 2.80 bits per heavy atom. The van der Waals surface area contributed by atoms with Gasteiger partial charge in [0.05, 0.1) is 10.0 Å². The first-order chi connectivity index (χ1) is 9.52. The number of rotatable bonds is 4. The molecule has 1 aromatic rings. The van der Waals surface area contributed by atoms with Gasteiger partial charge in [0.1, 0.15) is 6.04 Å². The Hall–Kier alpha value is -1.26. The largest absolute Gasteiger partial charge is 0.350 e. The molecule has 20 heavy (non-hydrogen) atoms. The number of hydrogen-bond donors (Lipinski definition) is 1. The Bertz CT molecular complexity index is 534. The molecule has 1 N–H and O–H groups in total. The number of carbonyl (C=O) groups excluding carboxylic acids is 2. The highest BCUT2D eigenvalue weighted by atomic mass is 35.5. The summed E-state index contributed by atoms with van der Waals surface area (Å²) < 4.78 is 0. The Balaban J connectivity index is 1.95. The quantitative estimate of drug-likeness (QED) is 0.928. The first-order valence-electron chi connectivity index (χ1n) is 6.54. The fraction of sp³-hybridized carbons (Fsp3) is 0.429. The van der Waals surface area contributed by atoms with E-state index in [9.17, 15) is 9.59 Å². The molecule has 0 aliphatic carbocycles. The summed E-state index contributed by atoms with van der Waals surface area (Å²) in [6.45, 7) is 2.81. The van der Waals surface area contributed by atoms with Crippen molar-refractivity contribution in [1.82, 2.24) is 10.2 Å². The van der Waals surface area contributed by atoms with Crippen molar-refractivity contribution in [2.24, 2.45) is 0 Å². The molecule has 2 rings (SSSR count). The second-order valence-corrected chi connectivity index (χ2v) is 5.51. The van der Waals surface area contributed by atoms with E-state index in [1.165, 1.54) is 0 Å². The van der Waals surface area contributed by atoms with Gasteiger partial charge in [-0.05, 0) is 31.0 Å². The zero-order valence-corrected chi connectivity index (χ0v) is 12.7. The van der Waals surface area contributed by atoms with E-state index in [4.69, 9.17) is 23.2 Å². The molecule has 1 atom stereocenters. The van der Waals surface area contributed by atoms with Crippen LogP contribution in [-0.2, 0) is 16.1 Å². The minimum atomic E-state index is -0.352. The number of amides is 2. The van der Waals surface area contributed by atoms with Gasteiger partial charge in [0, 0.05) is 19.5 Å². The number of carbonyl (C=O) groups is 2. The molecule has 1 aliphatic heterocycles. The van der Waals surface area contributed by atoms with Gasteiger partial charge in [0.25, 0.3) is 0 Å². The van der Waals surface area contributed by atoms with E-state index < -0.39 is 0 Å². The van der Waals surface area contributed by atoms with E-state index in [2.05, 4.69) is 5.32 Å². The van der Waals surface area contributed by atoms with Crippen LogP contribution in [0.15, 0.2) is 18.2 Å². The number of hydrogen-bond acceptors (Lipinski definition) is 2. The lowest BCUT2D eigenvalue weighted by Crippen LogP contribution is -2.44. The molecular weight excluding hydrogens is 299 g/mol. The van der Waals surface area contributed by atoms with Crippen molar-refractivity contribution < 1.29 is 9.59 Å². The summed E-state index contributed by atoms with van der Waals surface area (Å²) in [6.07, 6.45) is 1.03. The predicted molar refractivity (Wildman–Crippen MR) is 78.7 cm³/mol. The molecule has 2 amide bonds. The van der Waals surface area contributed by atoms with E-state index in [1.807, 2.05) is 13.0 Å². The van der Waals surface area contributed by atoms with Crippen molar-refractivity contribution >= 4 is 35.0 Å². The average molecular weight is 315 g/mol. The van der Waals surface area contributed by atoms with Crippen LogP contribution in [0.5, 0.6) is 0 Å². The zero-order chi connectivity index (χ0) is 14.7. The normalized spacial score (nSPS) is 18.4. The molecule has 0 bridgehead atoms. The molecule has 0 radical (unpaired) electrons. The molecule has 1 heterocycles. The van der Waals surface area contributed by atoms with Crippen LogP contribution in [0.4, 0.5) is 0 Å². The van der Waals surface area contributed by atoms with Crippen LogP contribution in [0.2, 0.25) is 10.0 Å². The molecule has 1 aromatic carbocycles. The molecule has 1 saturated heterocycles. The maximum atomic E-state index is 12.1. The van der Waals surface area contributed by atoms with Crippen LogP contribution in [0.3, 0.4) is 0 Å². The first-order valence-corrected chi connectivity index (χ1v) is 7.29. The first kappa shape index (κ1) is 15.1. The van der Waals surface area contributed by atoms with E-state index in [-0.39, 0.29) is 17.9 Å². The van der Waals surface area contributed by atoms with Gasteiger partial charge in [-0.15, -0.1) is 0 Å². The van der Waals surface area contributed by atoms with E-state index in [0.29, 0.717) is 36.0 Å². The molecule has 0 saturated carbocycles. The number of halogens is 2. The molecule has 1 aliphatic rings. The number of nitrogens with one attached hydrogen (secondary N) is 1. The minimum absolute atomic E-state index is 0.0437. The van der Waals surface area contributed by atoms with E-state index in [1.54, 1.807) is 17.0 Å². The van der Waals surface area contributed by atoms with Gasteiger partial charge in [-0.3, -0.25) is 9.59 Å². The van der Waals surface area contributed by atoms with Crippen LogP contribution in [0, 0.1) is 0 Å². The lowest BCUT2D eigenvalue weighted by Gasteiger charge is -2.22. The van der Waals surface area contributed by atoms with Crippen LogP contribution >= 0.6 is 23.2 Å². The highest BCUT2D eigenvalue weighted by molar-refractivity contribution is 6.42. The Morgan fingerprint density at radius 1 is 1.40 bits per heavy atom. The Labute approximate surface area is 128 Å². The van der Waals surface area contributed by atoms with Gasteiger partial charge in [-0.1, -0.05) is 29.3 Å². The summed E-state index contributed by atoms with van der Waals surface area (Å²) in [4.78, 5) is 25.3. The van der Waals surface area contributed by atoms with Crippen LogP contribution in [0.25, 0.3) is 0 Å². The molecule has 0 aromatic heterocycles. The second kappa shape index (κ2) is 6.46. The Kier molecular flexibility index (Phi) is 4.89. The molecule has 1 fully saturated rings. The van der Waals surface area contributed by atoms with Crippen molar-refractivity contribution in [3.05, 3.63) is 33.8 Å². The van der Waals surface area contributed by atoms with Gasteiger partial charge >= 0.3 is 0 Å². The van der Waals surface area contributed by atoms with Crippen LogP contribution in [-0.4, -0.2) is 29.3 Å². The van der Waals surface area contributed by atoms with E-state index in [0.717, 1.165) is 5.56 Å². The summed E-state index contributed by atoms with van der Waals surface area (Å²) in [5.74, 6) is -0.0778. The highest BCUT2D eigenvalue weighted by Crippen LogP contribution is 2.23. The SMILES string of the molecule is CCN1C(=O)CC[C@@H]1C(=O)NCc1ccc(Cl)c(Cl)c1. The zero-order valence-electron chi connectivity index (χ0n) is 11.2. The van der Waals surface area contributed by atoms with Gasteiger partial charge < -0.3 is 10.2 Å². The minimum Gasteiger partial charge on any atom is -0.350 e. The molecule has 4 nitrogen and oxygen atoms in total. The Morgan fingerprint density at radius 2 is 2.15 bits per heavy atom. The molecule has 6 heteroatoms. The van der Waals surface area contributed by atoms with Gasteiger partial charge in [-0.25, -0.2) is 0 Å². The third-order valence-electron chi connectivity index (χ3n) is 3.42. The molecule has 0 unspecified atom stereocenters. The van der Waals surface area contributed by atoms with Crippen molar-refractivity contribution in [2.45, 2.75) is 32.4 Å². The monoisotopic (exact) mass is 314 g/mol. The molecule has 108 valence electrons. The number of likely N-dealkylation sites (N-methyl/N-ethyl adjacent to an activating group) is 1. The summed E-state index contributed by atoms with van der Waals surface area (Å²) in [5, 5.41) is 3.79. The summed E-state index contributed by atoms with van der Waals surface area (Å²) >= 11 is 11.8. The number of likely N-dealkylation sites (tertiary alicyclic amines) is 1. The van der Waals surface area contributed by atoms with Crippen molar-refractivity contribution in [2.75, 3.05) is 6.54 Å². The van der Waals surface area contributed by atoms with Crippen molar-refractivity contribution in [3.8, 4) is 0 Å². The summed E-state index contributed by atoms with van der Waals surface area (Å²) in [7, 11) is 0. The van der Waals surface area contributed by atoms with Crippen LogP contribution in [0.1, 0.15) is 25.3 Å². The number of nitrogens with zero attached hydrogens (tertiary/aromatic N) is 1. The lowest BCUT2D eigenvalue weighted by molar-refractivity contribution is -0.135. The smallest absolute Gasteiger partial charge is 0.243 e. The van der Waals surface area contributed by atoms with E-state index >= 15 is 0 Å². The third-order valence-corrected chi connectivity index (χ3v) is 4.16. The molecule has 0 spiro atoms. The van der Waals surface area contributed by atoms with Gasteiger partial charge in [0.2, 0.25) is 11.8 Å². The summed E-state index contributed by atoms with van der Waals surface area (Å²) in [6, 6.07) is 4.88. The van der Waals surface area contributed by atoms with Crippen molar-refractivity contribution in [1.29, 1.82) is 0 Å². The second-order valence-electron chi connectivity index (χ2n) is 4.70. The topological polar surface area (TPSA) is 49.4 Å². The third kappa shape index (κ3) is 3.25. The number of benzene rings is 1. The maximum absolute atomic E-state index is 12.1.